The van der Waals surface area contributed by atoms with E-state index in [1.165, 1.54) is 18.2 Å². The third kappa shape index (κ3) is 5.66. The average Bonchev–Trinajstić information content (AvgIpc) is 2.46. The maximum Gasteiger partial charge on any atom is 0.290 e. The van der Waals surface area contributed by atoms with Gasteiger partial charge in [0.15, 0.2) is 0 Å². The maximum atomic E-state index is 13.8. The summed E-state index contributed by atoms with van der Waals surface area (Å²) in [6.07, 6.45) is 0. The van der Waals surface area contributed by atoms with Gasteiger partial charge in [-0.05, 0) is 26.8 Å². The lowest BCUT2D eigenvalue weighted by Gasteiger charge is -2.29. The summed E-state index contributed by atoms with van der Waals surface area (Å²) in [6, 6.07) is 3.12. The number of aliphatic hydroxyl groups is 1. The number of alkyl halides is 3. The van der Waals surface area contributed by atoms with Crippen LogP contribution in [0.25, 0.3) is 0 Å². The molecule has 0 spiro atoms. The molecule has 1 aromatic carbocycles. The van der Waals surface area contributed by atoms with E-state index in [0.29, 0.717) is 7.18 Å². The summed E-state index contributed by atoms with van der Waals surface area (Å²) in [6.45, 7) is 3.34. The minimum Gasteiger partial charge on any atom is -0.390 e. The van der Waals surface area contributed by atoms with E-state index < -0.39 is 40.1 Å². The van der Waals surface area contributed by atoms with Crippen molar-refractivity contribution in [1.82, 2.24) is 4.72 Å². The zero-order valence-electron chi connectivity index (χ0n) is 12.9. The van der Waals surface area contributed by atoms with E-state index in [4.69, 9.17) is 5.11 Å². The second-order valence-corrected chi connectivity index (χ2v) is 7.37. The maximum absolute atomic E-state index is 13.8. The molecule has 0 fully saturated rings. The molecular formula is C14H21F4NO2S. The molecule has 22 heavy (non-hydrogen) atoms. The van der Waals surface area contributed by atoms with Crippen molar-refractivity contribution in [2.75, 3.05) is 13.8 Å². The number of aliphatic hydroxyl groups excluding tert-OH is 1. The second-order valence-electron chi connectivity index (χ2n) is 5.37. The van der Waals surface area contributed by atoms with Crippen LogP contribution in [0.3, 0.4) is 0 Å². The van der Waals surface area contributed by atoms with Crippen molar-refractivity contribution < 1.29 is 26.9 Å². The Morgan fingerprint density at radius 2 is 1.73 bits per heavy atom. The SMILES string of the molecule is CC(C)(C)S(=O)NC(c1ccccc1F)C(F)(F)CO.CF. The van der Waals surface area contributed by atoms with Crippen LogP contribution in [0.4, 0.5) is 17.6 Å². The Morgan fingerprint density at radius 3 is 2.14 bits per heavy atom. The second kappa shape index (κ2) is 8.59. The first-order chi connectivity index (χ1) is 10.1. The minimum absolute atomic E-state index is 0.329. The molecule has 0 aliphatic heterocycles. The average molecular weight is 343 g/mol. The van der Waals surface area contributed by atoms with Gasteiger partial charge in [-0.2, -0.15) is 0 Å². The molecule has 2 unspecified atom stereocenters. The standard InChI is InChI=1S/C13H18F3NO2S.CH3F/c1-12(2,3)20(19)17-11(13(15,16)8-18)9-6-4-5-7-10(9)14;1-2/h4-7,11,17-18H,8H2,1-3H3;1H3. The molecule has 0 radical (unpaired) electrons. The smallest absolute Gasteiger partial charge is 0.290 e. The summed E-state index contributed by atoms with van der Waals surface area (Å²) in [4.78, 5) is 0. The fraction of sp³-hybridized carbons (Fsp3) is 0.571. The van der Waals surface area contributed by atoms with Gasteiger partial charge in [0.2, 0.25) is 0 Å². The first-order valence-corrected chi connectivity index (χ1v) is 7.53. The minimum atomic E-state index is -3.64. The fourth-order valence-corrected chi connectivity index (χ4v) is 2.33. The van der Waals surface area contributed by atoms with Crippen molar-refractivity contribution in [2.24, 2.45) is 0 Å². The van der Waals surface area contributed by atoms with Crippen LogP contribution in [0.5, 0.6) is 0 Å². The van der Waals surface area contributed by atoms with Crippen molar-refractivity contribution in [3.63, 3.8) is 0 Å². The van der Waals surface area contributed by atoms with Crippen LogP contribution in [0.2, 0.25) is 0 Å². The molecule has 2 N–H and O–H groups in total. The third-order valence-corrected chi connectivity index (χ3v) is 4.19. The summed E-state index contributed by atoms with van der Waals surface area (Å²) in [5.74, 6) is -4.48. The van der Waals surface area contributed by atoms with Gasteiger partial charge in [0, 0.05) is 5.56 Å². The molecule has 8 heteroatoms. The highest BCUT2D eigenvalue weighted by Crippen LogP contribution is 2.33. The molecule has 0 aromatic heterocycles. The van der Waals surface area contributed by atoms with E-state index >= 15 is 0 Å². The number of rotatable bonds is 5. The zero-order valence-corrected chi connectivity index (χ0v) is 13.7. The van der Waals surface area contributed by atoms with Gasteiger partial charge in [0.1, 0.15) is 18.5 Å². The Kier molecular flexibility index (Phi) is 8.21. The van der Waals surface area contributed by atoms with Gasteiger partial charge >= 0.3 is 0 Å². The molecule has 3 nitrogen and oxygen atoms in total. The summed E-state index contributed by atoms with van der Waals surface area (Å²) in [5, 5.41) is 8.82. The molecule has 128 valence electrons. The van der Waals surface area contributed by atoms with Gasteiger partial charge in [-0.15, -0.1) is 0 Å². The number of benzene rings is 1. The number of halogens is 4. The highest BCUT2D eigenvalue weighted by molar-refractivity contribution is 7.84. The van der Waals surface area contributed by atoms with Crippen molar-refractivity contribution in [3.05, 3.63) is 35.6 Å². The van der Waals surface area contributed by atoms with Crippen LogP contribution in [0.1, 0.15) is 32.4 Å². The van der Waals surface area contributed by atoms with Crippen LogP contribution in [0, 0.1) is 5.82 Å². The molecule has 0 saturated carbocycles. The summed E-state index contributed by atoms with van der Waals surface area (Å²) in [7, 11) is -1.33. The van der Waals surface area contributed by atoms with Gasteiger partial charge in [-0.1, -0.05) is 18.2 Å². The molecule has 0 aliphatic carbocycles. The zero-order chi connectivity index (χ0) is 17.6. The third-order valence-electron chi connectivity index (χ3n) is 2.63. The highest BCUT2D eigenvalue weighted by Gasteiger charge is 2.43. The molecule has 1 aromatic rings. The summed E-state index contributed by atoms with van der Waals surface area (Å²) < 4.78 is 64.3. The fourth-order valence-electron chi connectivity index (χ4n) is 1.46. The van der Waals surface area contributed by atoms with Gasteiger partial charge < -0.3 is 5.11 Å². The van der Waals surface area contributed by atoms with Crippen molar-refractivity contribution in [1.29, 1.82) is 0 Å². The first-order valence-electron chi connectivity index (χ1n) is 6.38. The first kappa shape index (κ1) is 21.0. The molecule has 0 saturated heterocycles. The van der Waals surface area contributed by atoms with E-state index in [1.807, 2.05) is 0 Å². The van der Waals surface area contributed by atoms with Crippen LogP contribution < -0.4 is 4.72 Å². The van der Waals surface area contributed by atoms with E-state index in [2.05, 4.69) is 4.72 Å². The lowest BCUT2D eigenvalue weighted by molar-refractivity contribution is -0.0759. The van der Waals surface area contributed by atoms with E-state index in [0.717, 1.165) is 6.07 Å². The monoisotopic (exact) mass is 343 g/mol. The van der Waals surface area contributed by atoms with Crippen LogP contribution >= 0.6 is 0 Å². The molecule has 0 bridgehead atoms. The summed E-state index contributed by atoms with van der Waals surface area (Å²) in [5.41, 5.74) is -0.329. The largest absolute Gasteiger partial charge is 0.390 e. The Labute approximate surface area is 130 Å². The van der Waals surface area contributed by atoms with E-state index in [1.54, 1.807) is 20.8 Å². The predicted octanol–water partition coefficient (Wildman–Crippen LogP) is 3.13. The molecular weight excluding hydrogens is 322 g/mol. The lowest BCUT2D eigenvalue weighted by Crippen LogP contribution is -2.45. The quantitative estimate of drug-likeness (QED) is 0.807. The van der Waals surface area contributed by atoms with E-state index in [-0.39, 0.29) is 5.56 Å². The van der Waals surface area contributed by atoms with Crippen molar-refractivity contribution in [3.8, 4) is 0 Å². The Balaban J connectivity index is 0.00000211. The molecule has 2 atom stereocenters. The van der Waals surface area contributed by atoms with Crippen molar-refractivity contribution in [2.45, 2.75) is 37.5 Å². The van der Waals surface area contributed by atoms with Gasteiger partial charge in [0.25, 0.3) is 5.92 Å². The normalized spacial score (nSPS) is 14.8. The number of hydrogen-bond donors (Lipinski definition) is 2. The van der Waals surface area contributed by atoms with Gasteiger partial charge in [-0.3, -0.25) is 4.39 Å². The van der Waals surface area contributed by atoms with Crippen LogP contribution in [0.15, 0.2) is 24.3 Å². The Bertz CT molecular complexity index is 492. The Morgan fingerprint density at radius 1 is 1.23 bits per heavy atom. The summed E-state index contributed by atoms with van der Waals surface area (Å²) >= 11 is 0. The van der Waals surface area contributed by atoms with Gasteiger partial charge in [0.05, 0.1) is 22.9 Å². The lowest BCUT2D eigenvalue weighted by atomic mass is 10.0. The molecule has 0 aliphatic rings. The number of hydrogen-bond acceptors (Lipinski definition) is 2. The van der Waals surface area contributed by atoms with Crippen molar-refractivity contribution >= 4 is 11.0 Å². The topological polar surface area (TPSA) is 49.3 Å². The van der Waals surface area contributed by atoms with E-state index in [9.17, 15) is 21.8 Å². The number of nitrogens with one attached hydrogen (secondary N) is 1. The molecule has 1 rings (SSSR count). The molecule has 0 heterocycles. The van der Waals surface area contributed by atoms with Crippen LogP contribution in [-0.2, 0) is 11.0 Å². The predicted molar refractivity (Wildman–Crippen MR) is 79.2 cm³/mol. The Hall–Kier alpha value is -0.990. The molecule has 0 amide bonds. The van der Waals surface area contributed by atoms with Crippen LogP contribution in [-0.4, -0.2) is 33.8 Å². The highest BCUT2D eigenvalue weighted by atomic mass is 32.2. The van der Waals surface area contributed by atoms with Gasteiger partial charge in [-0.25, -0.2) is 22.1 Å².